The lowest BCUT2D eigenvalue weighted by Crippen LogP contribution is -2.05. The van der Waals surface area contributed by atoms with Gasteiger partial charge in [0.05, 0.1) is 0 Å². The average molecular weight is 190 g/mol. The highest BCUT2D eigenvalue weighted by Crippen LogP contribution is 2.44. The summed E-state index contributed by atoms with van der Waals surface area (Å²) < 4.78 is 0. The maximum Gasteiger partial charge on any atom is 0.000986 e. The van der Waals surface area contributed by atoms with Gasteiger partial charge < -0.3 is 0 Å². The van der Waals surface area contributed by atoms with Crippen molar-refractivity contribution in [3.05, 3.63) is 23.3 Å². The molecule has 1 fully saturated rings. The Bertz CT molecular complexity index is 291. The summed E-state index contributed by atoms with van der Waals surface area (Å²) in [6.07, 6.45) is 9.10. The van der Waals surface area contributed by atoms with Crippen LogP contribution in [0.5, 0.6) is 0 Å². The van der Waals surface area contributed by atoms with Crippen LogP contribution in [0.25, 0.3) is 0 Å². The molecule has 2 rings (SSSR count). The van der Waals surface area contributed by atoms with Crippen molar-refractivity contribution in [2.75, 3.05) is 0 Å². The summed E-state index contributed by atoms with van der Waals surface area (Å²) in [6.45, 7) is 9.35. The third-order valence-corrected chi connectivity index (χ3v) is 3.71. The Balaban J connectivity index is 2.36. The number of hydrogen-bond acceptors (Lipinski definition) is 0. The van der Waals surface area contributed by atoms with E-state index in [2.05, 4.69) is 39.8 Å². The van der Waals surface area contributed by atoms with Crippen LogP contribution in [0.3, 0.4) is 0 Å². The van der Waals surface area contributed by atoms with Crippen molar-refractivity contribution in [3.8, 4) is 0 Å². The molecule has 0 nitrogen and oxygen atoms in total. The molecule has 0 heterocycles. The van der Waals surface area contributed by atoms with E-state index >= 15 is 0 Å². The highest BCUT2D eigenvalue weighted by molar-refractivity contribution is 5.27. The SMILES string of the molecule is CC1=CC(C)(C)C=C2C(C)CCC2C1. The van der Waals surface area contributed by atoms with Crippen molar-refractivity contribution in [2.45, 2.75) is 47.0 Å². The molecule has 0 radical (unpaired) electrons. The van der Waals surface area contributed by atoms with Gasteiger partial charge in [-0.05, 0) is 38.0 Å². The van der Waals surface area contributed by atoms with Crippen molar-refractivity contribution in [1.29, 1.82) is 0 Å². The minimum Gasteiger partial charge on any atom is -0.0761 e. The Morgan fingerprint density at radius 3 is 2.64 bits per heavy atom. The Labute approximate surface area is 88.1 Å². The molecular weight excluding hydrogens is 168 g/mol. The topological polar surface area (TPSA) is 0 Å². The van der Waals surface area contributed by atoms with Crippen LogP contribution in [-0.4, -0.2) is 0 Å². The van der Waals surface area contributed by atoms with E-state index < -0.39 is 0 Å². The quantitative estimate of drug-likeness (QED) is 0.499. The van der Waals surface area contributed by atoms with Crippen LogP contribution in [0.1, 0.15) is 47.0 Å². The highest BCUT2D eigenvalue weighted by Gasteiger charge is 2.31. The minimum atomic E-state index is 0.284. The fourth-order valence-electron chi connectivity index (χ4n) is 3.22. The zero-order valence-corrected chi connectivity index (χ0v) is 9.93. The zero-order valence-electron chi connectivity index (χ0n) is 9.93. The summed E-state index contributed by atoms with van der Waals surface area (Å²) in [5.74, 6) is 1.70. The van der Waals surface area contributed by atoms with Crippen molar-refractivity contribution in [1.82, 2.24) is 0 Å². The van der Waals surface area contributed by atoms with Crippen molar-refractivity contribution in [3.63, 3.8) is 0 Å². The van der Waals surface area contributed by atoms with Crippen LogP contribution < -0.4 is 0 Å². The van der Waals surface area contributed by atoms with E-state index in [-0.39, 0.29) is 5.41 Å². The summed E-state index contributed by atoms with van der Waals surface area (Å²) in [4.78, 5) is 0. The van der Waals surface area contributed by atoms with E-state index in [4.69, 9.17) is 0 Å². The summed E-state index contributed by atoms with van der Waals surface area (Å²) in [6, 6.07) is 0. The summed E-state index contributed by atoms with van der Waals surface area (Å²) >= 11 is 0. The van der Waals surface area contributed by atoms with Crippen LogP contribution in [0.15, 0.2) is 23.3 Å². The normalized spacial score (nSPS) is 35.7. The molecule has 0 heteroatoms. The van der Waals surface area contributed by atoms with Gasteiger partial charge >= 0.3 is 0 Å². The second-order valence-corrected chi connectivity index (χ2v) is 5.84. The third kappa shape index (κ3) is 1.80. The van der Waals surface area contributed by atoms with Crippen molar-refractivity contribution in [2.24, 2.45) is 17.3 Å². The molecule has 2 aliphatic rings. The van der Waals surface area contributed by atoms with Crippen LogP contribution in [0, 0.1) is 17.3 Å². The van der Waals surface area contributed by atoms with Crippen molar-refractivity contribution >= 4 is 0 Å². The largest absolute Gasteiger partial charge is 0.0761 e. The van der Waals surface area contributed by atoms with Gasteiger partial charge in [0, 0.05) is 5.41 Å². The molecule has 0 amide bonds. The van der Waals surface area contributed by atoms with Gasteiger partial charge in [-0.3, -0.25) is 0 Å². The van der Waals surface area contributed by atoms with Gasteiger partial charge in [0.15, 0.2) is 0 Å². The van der Waals surface area contributed by atoms with Crippen LogP contribution >= 0.6 is 0 Å². The average Bonchev–Trinajstić information content (AvgIpc) is 2.31. The Hall–Kier alpha value is -0.520. The van der Waals surface area contributed by atoms with Gasteiger partial charge in [-0.2, -0.15) is 0 Å². The minimum absolute atomic E-state index is 0.284. The van der Waals surface area contributed by atoms with Gasteiger partial charge in [0.25, 0.3) is 0 Å². The first-order valence-corrected chi connectivity index (χ1v) is 5.89. The standard InChI is InChI=1S/C14H22/c1-10-7-12-6-5-11(2)13(12)9-14(3,4)8-10/h8-9,11-12H,5-7H2,1-4H3. The molecule has 0 spiro atoms. The Morgan fingerprint density at radius 1 is 1.21 bits per heavy atom. The molecule has 0 N–H and O–H groups in total. The molecule has 0 aromatic rings. The summed E-state index contributed by atoms with van der Waals surface area (Å²) in [5.41, 5.74) is 3.61. The summed E-state index contributed by atoms with van der Waals surface area (Å²) in [7, 11) is 0. The van der Waals surface area contributed by atoms with E-state index in [1.165, 1.54) is 19.3 Å². The second kappa shape index (κ2) is 3.25. The molecule has 0 bridgehead atoms. The summed E-state index contributed by atoms with van der Waals surface area (Å²) in [5, 5.41) is 0. The molecule has 2 unspecified atom stereocenters. The second-order valence-electron chi connectivity index (χ2n) is 5.84. The number of allylic oxidation sites excluding steroid dienone is 4. The van der Waals surface area contributed by atoms with E-state index in [1.807, 2.05) is 0 Å². The molecule has 2 aliphatic carbocycles. The lowest BCUT2D eigenvalue weighted by atomic mass is 9.87. The first-order valence-electron chi connectivity index (χ1n) is 5.89. The molecule has 0 saturated heterocycles. The molecule has 78 valence electrons. The van der Waals surface area contributed by atoms with Gasteiger partial charge in [-0.15, -0.1) is 0 Å². The smallest absolute Gasteiger partial charge is 0.000986 e. The van der Waals surface area contributed by atoms with Gasteiger partial charge in [0.1, 0.15) is 0 Å². The fraction of sp³-hybridized carbons (Fsp3) is 0.714. The van der Waals surface area contributed by atoms with E-state index in [1.54, 1.807) is 11.1 Å². The maximum absolute atomic E-state index is 2.53. The molecule has 0 aliphatic heterocycles. The number of rotatable bonds is 0. The van der Waals surface area contributed by atoms with Gasteiger partial charge in [0.2, 0.25) is 0 Å². The number of hydrogen-bond donors (Lipinski definition) is 0. The third-order valence-electron chi connectivity index (χ3n) is 3.71. The molecule has 0 aromatic carbocycles. The molecule has 2 atom stereocenters. The van der Waals surface area contributed by atoms with Gasteiger partial charge in [-0.1, -0.05) is 44.1 Å². The highest BCUT2D eigenvalue weighted by atomic mass is 14.4. The van der Waals surface area contributed by atoms with Crippen LogP contribution in [0.2, 0.25) is 0 Å². The fourth-order valence-corrected chi connectivity index (χ4v) is 3.22. The van der Waals surface area contributed by atoms with E-state index in [9.17, 15) is 0 Å². The lowest BCUT2D eigenvalue weighted by molar-refractivity contribution is 0.602. The van der Waals surface area contributed by atoms with Gasteiger partial charge in [-0.25, -0.2) is 0 Å². The lowest BCUT2D eigenvalue weighted by Gasteiger charge is -2.18. The monoisotopic (exact) mass is 190 g/mol. The zero-order chi connectivity index (χ0) is 10.3. The molecule has 1 saturated carbocycles. The predicted molar refractivity (Wildman–Crippen MR) is 62.1 cm³/mol. The maximum atomic E-state index is 2.53. The van der Waals surface area contributed by atoms with E-state index in [0.717, 1.165) is 11.8 Å². The van der Waals surface area contributed by atoms with Crippen LogP contribution in [-0.2, 0) is 0 Å². The van der Waals surface area contributed by atoms with Crippen LogP contribution in [0.4, 0.5) is 0 Å². The first-order chi connectivity index (χ1) is 6.48. The molecular formula is C14H22. The van der Waals surface area contributed by atoms with E-state index in [0.29, 0.717) is 0 Å². The Morgan fingerprint density at radius 2 is 1.93 bits per heavy atom. The number of fused-ring (bicyclic) bond motifs is 1. The molecule has 0 aromatic heterocycles. The predicted octanol–water partition coefficient (Wildman–Crippen LogP) is 4.34. The molecule has 14 heavy (non-hydrogen) atoms. The first kappa shape index (κ1) is 10.0. The Kier molecular flexibility index (Phi) is 2.33. The van der Waals surface area contributed by atoms with Crippen molar-refractivity contribution < 1.29 is 0 Å².